The number of H-pyrrole nitrogens is 1. The van der Waals surface area contributed by atoms with E-state index in [9.17, 15) is 9.59 Å². The molecule has 1 saturated carbocycles. The standard InChI is InChI=1S/C21H24ClN3O2/c22-18-5-3-17(4-6-18)21(8-9-21)20(27)24-12-15-2-1-11-25(14-15)19(26)16-7-10-23-13-16/h3-7,10,13,15,23H,1-2,8-9,11-12,14H2,(H,24,27)/t15-/m0/s1. The van der Waals surface area contributed by atoms with Crippen molar-refractivity contribution in [3.8, 4) is 0 Å². The SMILES string of the molecule is O=C(c1cc[nH]c1)N1CCC[C@@H](CNC(=O)C2(c3ccc(Cl)cc3)CC2)C1. The molecule has 2 amide bonds. The summed E-state index contributed by atoms with van der Waals surface area (Å²) in [6, 6.07) is 9.39. The first kappa shape index (κ1) is 18.1. The van der Waals surface area contributed by atoms with E-state index >= 15 is 0 Å². The molecule has 2 N–H and O–H groups in total. The number of rotatable bonds is 5. The molecular formula is C21H24ClN3O2. The predicted molar refractivity (Wildman–Crippen MR) is 105 cm³/mol. The fourth-order valence-electron chi connectivity index (χ4n) is 4.00. The lowest BCUT2D eigenvalue weighted by Gasteiger charge is -2.33. The molecule has 27 heavy (non-hydrogen) atoms. The number of likely N-dealkylation sites (tertiary alicyclic amines) is 1. The maximum atomic E-state index is 12.8. The zero-order valence-electron chi connectivity index (χ0n) is 15.2. The first-order valence-electron chi connectivity index (χ1n) is 9.55. The van der Waals surface area contributed by atoms with Crippen molar-refractivity contribution in [2.24, 2.45) is 5.92 Å². The van der Waals surface area contributed by atoms with E-state index in [-0.39, 0.29) is 17.2 Å². The molecule has 142 valence electrons. The van der Waals surface area contributed by atoms with E-state index < -0.39 is 0 Å². The summed E-state index contributed by atoms with van der Waals surface area (Å²) in [7, 11) is 0. The highest BCUT2D eigenvalue weighted by Crippen LogP contribution is 2.48. The lowest BCUT2D eigenvalue weighted by atomic mass is 9.93. The molecule has 1 atom stereocenters. The Hall–Kier alpha value is -2.27. The molecule has 2 heterocycles. The van der Waals surface area contributed by atoms with Gasteiger partial charge in [-0.15, -0.1) is 0 Å². The average molecular weight is 386 g/mol. The van der Waals surface area contributed by atoms with Crippen LogP contribution >= 0.6 is 11.6 Å². The molecule has 6 heteroatoms. The number of amides is 2. The van der Waals surface area contributed by atoms with E-state index in [0.29, 0.717) is 29.6 Å². The minimum atomic E-state index is -0.389. The van der Waals surface area contributed by atoms with E-state index in [0.717, 1.165) is 37.8 Å². The highest BCUT2D eigenvalue weighted by molar-refractivity contribution is 6.30. The molecule has 0 unspecified atom stereocenters. The Balaban J connectivity index is 1.34. The van der Waals surface area contributed by atoms with Crippen LogP contribution in [0.5, 0.6) is 0 Å². The van der Waals surface area contributed by atoms with Crippen LogP contribution in [-0.4, -0.2) is 41.3 Å². The van der Waals surface area contributed by atoms with Gasteiger partial charge in [-0.2, -0.15) is 0 Å². The molecule has 4 rings (SSSR count). The van der Waals surface area contributed by atoms with Crippen LogP contribution in [-0.2, 0) is 10.2 Å². The number of benzene rings is 1. The molecule has 2 aromatic rings. The van der Waals surface area contributed by atoms with Gasteiger partial charge in [0.25, 0.3) is 5.91 Å². The van der Waals surface area contributed by atoms with Crippen molar-refractivity contribution in [3.05, 3.63) is 58.9 Å². The second-order valence-electron chi connectivity index (χ2n) is 7.66. The van der Waals surface area contributed by atoms with Gasteiger partial charge in [-0.05, 0) is 55.4 Å². The number of halogens is 1. The third kappa shape index (κ3) is 3.74. The first-order chi connectivity index (χ1) is 13.1. The first-order valence-corrected chi connectivity index (χ1v) is 9.93. The Bertz CT molecular complexity index is 812. The summed E-state index contributed by atoms with van der Waals surface area (Å²) in [5.74, 6) is 0.456. The van der Waals surface area contributed by atoms with Crippen LogP contribution in [0.15, 0.2) is 42.7 Å². The number of carbonyl (C=O) groups excluding carboxylic acids is 2. The van der Waals surface area contributed by atoms with Crippen molar-refractivity contribution in [3.63, 3.8) is 0 Å². The summed E-state index contributed by atoms with van der Waals surface area (Å²) in [6.45, 7) is 2.09. The number of hydrogen-bond donors (Lipinski definition) is 2. The lowest BCUT2D eigenvalue weighted by Crippen LogP contribution is -2.45. The van der Waals surface area contributed by atoms with E-state index in [1.165, 1.54) is 0 Å². The zero-order chi connectivity index (χ0) is 18.9. The van der Waals surface area contributed by atoms with Gasteiger partial charge in [-0.25, -0.2) is 0 Å². The third-order valence-electron chi connectivity index (χ3n) is 5.78. The highest BCUT2D eigenvalue weighted by atomic mass is 35.5. The topological polar surface area (TPSA) is 65.2 Å². The molecule has 0 radical (unpaired) electrons. The van der Waals surface area contributed by atoms with Gasteiger partial charge >= 0.3 is 0 Å². The minimum absolute atomic E-state index is 0.0621. The van der Waals surface area contributed by atoms with Crippen molar-refractivity contribution < 1.29 is 9.59 Å². The van der Waals surface area contributed by atoms with E-state index in [2.05, 4.69) is 10.3 Å². The highest BCUT2D eigenvalue weighted by Gasteiger charge is 2.51. The fourth-order valence-corrected chi connectivity index (χ4v) is 4.13. The van der Waals surface area contributed by atoms with E-state index in [4.69, 9.17) is 11.6 Å². The molecule has 1 aromatic carbocycles. The smallest absolute Gasteiger partial charge is 0.255 e. The summed E-state index contributed by atoms with van der Waals surface area (Å²) in [6.07, 6.45) is 7.26. The van der Waals surface area contributed by atoms with Gasteiger partial charge in [-0.1, -0.05) is 23.7 Å². The number of nitrogens with one attached hydrogen (secondary N) is 2. The number of piperidine rings is 1. The second kappa shape index (κ2) is 7.39. The van der Waals surface area contributed by atoms with Crippen molar-refractivity contribution in [2.45, 2.75) is 31.1 Å². The zero-order valence-corrected chi connectivity index (χ0v) is 16.0. The summed E-state index contributed by atoms with van der Waals surface area (Å²) >= 11 is 5.97. The molecule has 2 aliphatic rings. The van der Waals surface area contributed by atoms with Crippen LogP contribution in [0.25, 0.3) is 0 Å². The van der Waals surface area contributed by atoms with Crippen LogP contribution in [0.3, 0.4) is 0 Å². The van der Waals surface area contributed by atoms with Gasteiger partial charge in [0.2, 0.25) is 5.91 Å². The Morgan fingerprint density at radius 1 is 1.22 bits per heavy atom. The minimum Gasteiger partial charge on any atom is -0.367 e. The van der Waals surface area contributed by atoms with Crippen molar-refractivity contribution in [2.75, 3.05) is 19.6 Å². The van der Waals surface area contributed by atoms with Crippen LogP contribution in [0, 0.1) is 5.92 Å². The summed E-state index contributed by atoms with van der Waals surface area (Å²) < 4.78 is 0. The van der Waals surface area contributed by atoms with Crippen LogP contribution in [0.2, 0.25) is 5.02 Å². The van der Waals surface area contributed by atoms with Gasteiger partial charge in [0.15, 0.2) is 0 Å². The third-order valence-corrected chi connectivity index (χ3v) is 6.04. The number of nitrogens with zero attached hydrogens (tertiary/aromatic N) is 1. The summed E-state index contributed by atoms with van der Waals surface area (Å²) in [5, 5.41) is 3.83. The molecule has 0 bridgehead atoms. The number of aromatic amines is 1. The average Bonchev–Trinajstić information content (AvgIpc) is 3.32. The maximum Gasteiger partial charge on any atom is 0.255 e. The van der Waals surface area contributed by atoms with Gasteiger partial charge in [0.1, 0.15) is 0 Å². The maximum absolute atomic E-state index is 12.8. The predicted octanol–water partition coefficient (Wildman–Crippen LogP) is 3.37. The fraction of sp³-hybridized carbons (Fsp3) is 0.429. The van der Waals surface area contributed by atoms with Crippen LogP contribution in [0.4, 0.5) is 0 Å². The van der Waals surface area contributed by atoms with Crippen molar-refractivity contribution in [1.29, 1.82) is 0 Å². The Labute approximate surface area is 164 Å². The molecule has 1 saturated heterocycles. The van der Waals surface area contributed by atoms with Gasteiger partial charge < -0.3 is 15.2 Å². The van der Waals surface area contributed by atoms with Crippen molar-refractivity contribution >= 4 is 23.4 Å². The van der Waals surface area contributed by atoms with E-state index in [1.54, 1.807) is 18.5 Å². The molecule has 0 spiro atoms. The Kier molecular flexibility index (Phi) is 4.96. The largest absolute Gasteiger partial charge is 0.367 e. The van der Waals surface area contributed by atoms with Gasteiger partial charge in [0.05, 0.1) is 11.0 Å². The van der Waals surface area contributed by atoms with Gasteiger partial charge in [-0.3, -0.25) is 9.59 Å². The van der Waals surface area contributed by atoms with Gasteiger partial charge in [0, 0.05) is 37.1 Å². The molecule has 1 aromatic heterocycles. The quantitative estimate of drug-likeness (QED) is 0.828. The molecule has 2 fully saturated rings. The summed E-state index contributed by atoms with van der Waals surface area (Å²) in [4.78, 5) is 30.2. The monoisotopic (exact) mass is 385 g/mol. The van der Waals surface area contributed by atoms with E-state index in [1.807, 2.05) is 29.2 Å². The normalized spacial score (nSPS) is 20.9. The molecule has 5 nitrogen and oxygen atoms in total. The molecular weight excluding hydrogens is 362 g/mol. The molecule has 1 aliphatic heterocycles. The molecule has 1 aliphatic carbocycles. The summed E-state index contributed by atoms with van der Waals surface area (Å²) in [5.41, 5.74) is 1.34. The van der Waals surface area contributed by atoms with Crippen molar-refractivity contribution in [1.82, 2.24) is 15.2 Å². The lowest BCUT2D eigenvalue weighted by molar-refractivity contribution is -0.123. The number of hydrogen-bond acceptors (Lipinski definition) is 2. The number of aromatic nitrogens is 1. The van der Waals surface area contributed by atoms with Crippen LogP contribution in [0.1, 0.15) is 41.6 Å². The Morgan fingerprint density at radius 3 is 2.67 bits per heavy atom. The Morgan fingerprint density at radius 2 is 2.00 bits per heavy atom. The van der Waals surface area contributed by atoms with Crippen LogP contribution < -0.4 is 5.32 Å². The number of carbonyl (C=O) groups is 2. The second-order valence-corrected chi connectivity index (χ2v) is 8.09.